The highest BCUT2D eigenvalue weighted by molar-refractivity contribution is 5.95. The molecule has 0 spiro atoms. The maximum absolute atomic E-state index is 12.8. The number of rotatable bonds is 8. The molecule has 2 heterocycles. The first-order valence-corrected chi connectivity index (χ1v) is 10.7. The zero-order chi connectivity index (χ0) is 23.2. The molecule has 1 unspecified atom stereocenters. The van der Waals surface area contributed by atoms with Gasteiger partial charge in [0.2, 0.25) is 0 Å². The van der Waals surface area contributed by atoms with Crippen molar-refractivity contribution >= 4 is 17.3 Å². The zero-order valence-electron chi connectivity index (χ0n) is 18.5. The molecule has 3 aromatic rings. The number of benzene rings is 2. The van der Waals surface area contributed by atoms with Crippen LogP contribution in [-0.4, -0.2) is 42.1 Å². The fourth-order valence-electron chi connectivity index (χ4n) is 3.53. The van der Waals surface area contributed by atoms with Crippen LogP contribution in [0.2, 0.25) is 0 Å². The van der Waals surface area contributed by atoms with Gasteiger partial charge in [0.15, 0.2) is 22.9 Å². The standard InChI is InChI=1S/C24H26N4O5/c1-28-24(30)22(21(15-26-28)33-20-11-4-3-10-19(20)31-2)27-17-8-5-7-16(13-17)23(29)25-14-18-9-6-12-32-18/h3-5,7-8,10-11,13,15,18,27H,6,9,12,14H2,1-2H3,(H,25,29). The fraction of sp³-hybridized carbons (Fsp3) is 0.292. The number of carbonyl (C=O) groups is 1. The molecule has 1 aliphatic heterocycles. The van der Waals surface area contributed by atoms with Gasteiger partial charge < -0.3 is 24.8 Å². The zero-order valence-corrected chi connectivity index (χ0v) is 18.5. The summed E-state index contributed by atoms with van der Waals surface area (Å²) in [5.41, 5.74) is 0.843. The van der Waals surface area contributed by atoms with Crippen molar-refractivity contribution in [3.63, 3.8) is 0 Å². The summed E-state index contributed by atoms with van der Waals surface area (Å²) in [6.07, 6.45) is 3.47. The predicted octanol–water partition coefficient (Wildman–Crippen LogP) is 3.23. The Kier molecular flexibility index (Phi) is 6.89. The van der Waals surface area contributed by atoms with E-state index in [0.717, 1.165) is 19.4 Å². The molecule has 1 fully saturated rings. The number of nitrogens with zero attached hydrogens (tertiary/aromatic N) is 2. The Hall–Kier alpha value is -3.85. The molecule has 1 atom stereocenters. The minimum atomic E-state index is -0.379. The molecule has 9 heteroatoms. The van der Waals surface area contributed by atoms with Crippen molar-refractivity contribution in [2.75, 3.05) is 25.6 Å². The number of aryl methyl sites for hydroxylation is 1. The lowest BCUT2D eigenvalue weighted by Gasteiger charge is -2.15. The van der Waals surface area contributed by atoms with Crippen LogP contribution >= 0.6 is 0 Å². The average molecular weight is 450 g/mol. The molecule has 33 heavy (non-hydrogen) atoms. The SMILES string of the molecule is COc1ccccc1Oc1cnn(C)c(=O)c1Nc1cccc(C(=O)NCC2CCCO2)c1. The Labute approximate surface area is 191 Å². The first kappa shape index (κ1) is 22.3. The summed E-state index contributed by atoms with van der Waals surface area (Å²) in [5, 5.41) is 10.1. The number of anilines is 2. The van der Waals surface area contributed by atoms with Crippen LogP contribution in [0.15, 0.2) is 59.5 Å². The van der Waals surface area contributed by atoms with Crippen LogP contribution in [-0.2, 0) is 11.8 Å². The van der Waals surface area contributed by atoms with Crippen molar-refractivity contribution in [2.45, 2.75) is 18.9 Å². The quantitative estimate of drug-likeness (QED) is 0.543. The average Bonchev–Trinajstić information content (AvgIpc) is 3.36. The second-order valence-electron chi connectivity index (χ2n) is 7.62. The highest BCUT2D eigenvalue weighted by atomic mass is 16.5. The molecular weight excluding hydrogens is 424 g/mol. The van der Waals surface area contributed by atoms with Crippen LogP contribution in [0, 0.1) is 0 Å². The molecule has 2 aromatic carbocycles. The van der Waals surface area contributed by atoms with Crippen molar-refractivity contribution in [1.82, 2.24) is 15.1 Å². The molecule has 1 aliphatic rings. The second-order valence-corrected chi connectivity index (χ2v) is 7.62. The number of hydrogen-bond donors (Lipinski definition) is 2. The lowest BCUT2D eigenvalue weighted by molar-refractivity contribution is 0.0858. The van der Waals surface area contributed by atoms with Gasteiger partial charge >= 0.3 is 0 Å². The van der Waals surface area contributed by atoms with E-state index in [1.165, 1.54) is 10.9 Å². The van der Waals surface area contributed by atoms with Gasteiger partial charge in [-0.1, -0.05) is 18.2 Å². The Balaban J connectivity index is 1.56. The predicted molar refractivity (Wildman–Crippen MR) is 124 cm³/mol. The van der Waals surface area contributed by atoms with Crippen LogP contribution < -0.4 is 25.7 Å². The van der Waals surface area contributed by atoms with Gasteiger partial charge in [-0.15, -0.1) is 0 Å². The normalized spacial score (nSPS) is 15.2. The third kappa shape index (κ3) is 5.32. The fourth-order valence-corrected chi connectivity index (χ4v) is 3.53. The van der Waals surface area contributed by atoms with Gasteiger partial charge in [-0.05, 0) is 43.2 Å². The lowest BCUT2D eigenvalue weighted by atomic mass is 10.1. The van der Waals surface area contributed by atoms with Crippen molar-refractivity contribution in [3.8, 4) is 17.2 Å². The van der Waals surface area contributed by atoms with Crippen molar-refractivity contribution in [2.24, 2.45) is 7.05 Å². The molecule has 0 saturated carbocycles. The first-order valence-electron chi connectivity index (χ1n) is 10.7. The van der Waals surface area contributed by atoms with E-state index < -0.39 is 0 Å². The number of methoxy groups -OCH3 is 1. The smallest absolute Gasteiger partial charge is 0.294 e. The molecule has 172 valence electrons. The Morgan fingerprint density at radius 1 is 1.18 bits per heavy atom. The molecule has 0 bridgehead atoms. The monoisotopic (exact) mass is 450 g/mol. The molecule has 0 radical (unpaired) electrons. The molecule has 1 aromatic heterocycles. The number of ether oxygens (including phenoxy) is 3. The molecule has 1 amide bonds. The van der Waals surface area contributed by atoms with Crippen LogP contribution in [0.3, 0.4) is 0 Å². The molecule has 1 saturated heterocycles. The van der Waals surface area contributed by atoms with E-state index in [4.69, 9.17) is 14.2 Å². The Morgan fingerprint density at radius 2 is 2.00 bits per heavy atom. The summed E-state index contributed by atoms with van der Waals surface area (Å²) < 4.78 is 18.0. The van der Waals surface area contributed by atoms with Crippen molar-refractivity contribution in [1.29, 1.82) is 0 Å². The van der Waals surface area contributed by atoms with Crippen LogP contribution in [0.4, 0.5) is 11.4 Å². The van der Waals surface area contributed by atoms with Gasteiger partial charge in [0, 0.05) is 31.5 Å². The van der Waals surface area contributed by atoms with Crippen molar-refractivity contribution in [3.05, 3.63) is 70.6 Å². The van der Waals surface area contributed by atoms with E-state index in [9.17, 15) is 9.59 Å². The van der Waals surface area contributed by atoms with Gasteiger partial charge in [-0.2, -0.15) is 5.10 Å². The lowest BCUT2D eigenvalue weighted by Crippen LogP contribution is -2.31. The maximum Gasteiger partial charge on any atom is 0.294 e. The number of carbonyl (C=O) groups excluding carboxylic acids is 1. The molecule has 2 N–H and O–H groups in total. The minimum absolute atomic E-state index is 0.0600. The van der Waals surface area contributed by atoms with Gasteiger partial charge in [-0.3, -0.25) is 9.59 Å². The highest BCUT2D eigenvalue weighted by Gasteiger charge is 2.18. The van der Waals surface area contributed by atoms with E-state index >= 15 is 0 Å². The number of amides is 1. The van der Waals surface area contributed by atoms with E-state index in [2.05, 4.69) is 15.7 Å². The van der Waals surface area contributed by atoms with E-state index in [1.807, 2.05) is 6.07 Å². The van der Waals surface area contributed by atoms with Crippen molar-refractivity contribution < 1.29 is 19.0 Å². The maximum atomic E-state index is 12.8. The number of hydrogen-bond acceptors (Lipinski definition) is 7. The topological polar surface area (TPSA) is 104 Å². The summed E-state index contributed by atoms with van der Waals surface area (Å²) in [7, 11) is 3.09. The number of aromatic nitrogens is 2. The van der Waals surface area contributed by atoms with Crippen LogP contribution in [0.25, 0.3) is 0 Å². The number of para-hydroxylation sites is 2. The van der Waals surface area contributed by atoms with Gasteiger partial charge in [0.1, 0.15) is 0 Å². The second kappa shape index (κ2) is 10.2. The summed E-state index contributed by atoms with van der Waals surface area (Å²) in [4.78, 5) is 25.4. The third-order valence-electron chi connectivity index (χ3n) is 5.30. The van der Waals surface area contributed by atoms with Gasteiger partial charge in [-0.25, -0.2) is 4.68 Å². The molecule has 0 aliphatic carbocycles. The largest absolute Gasteiger partial charge is 0.493 e. The molecule has 4 rings (SSSR count). The summed E-state index contributed by atoms with van der Waals surface area (Å²) in [5.74, 6) is 0.993. The van der Waals surface area contributed by atoms with Crippen LogP contribution in [0.5, 0.6) is 17.2 Å². The summed E-state index contributed by atoms with van der Waals surface area (Å²) in [6.45, 7) is 1.21. The first-order chi connectivity index (χ1) is 16.0. The van der Waals surface area contributed by atoms with E-state index in [-0.39, 0.29) is 29.0 Å². The van der Waals surface area contributed by atoms with Gasteiger partial charge in [0.05, 0.1) is 19.4 Å². The minimum Gasteiger partial charge on any atom is -0.493 e. The molecular formula is C24H26N4O5. The molecule has 9 nitrogen and oxygen atoms in total. The van der Waals surface area contributed by atoms with Crippen LogP contribution in [0.1, 0.15) is 23.2 Å². The highest BCUT2D eigenvalue weighted by Crippen LogP contribution is 2.34. The summed E-state index contributed by atoms with van der Waals surface area (Å²) >= 11 is 0. The van der Waals surface area contributed by atoms with Gasteiger partial charge in [0.25, 0.3) is 11.5 Å². The van der Waals surface area contributed by atoms with E-state index in [0.29, 0.717) is 29.3 Å². The Morgan fingerprint density at radius 3 is 2.76 bits per heavy atom. The third-order valence-corrected chi connectivity index (χ3v) is 5.30. The number of nitrogens with one attached hydrogen (secondary N) is 2. The summed E-state index contributed by atoms with van der Waals surface area (Å²) in [6, 6.07) is 14.0. The van der Waals surface area contributed by atoms with E-state index in [1.54, 1.807) is 56.6 Å². The Bertz CT molecular complexity index is 1190.